The third-order valence-corrected chi connectivity index (χ3v) is 7.24. The molecule has 27 heavy (non-hydrogen) atoms. The fourth-order valence-corrected chi connectivity index (χ4v) is 6.18. The van der Waals surface area contributed by atoms with Crippen LogP contribution >= 0.6 is 0 Å². The van der Waals surface area contributed by atoms with Crippen molar-refractivity contribution in [2.24, 2.45) is 0 Å². The van der Waals surface area contributed by atoms with Crippen LogP contribution in [0.2, 0.25) is 0 Å². The topological polar surface area (TPSA) is 57.7 Å². The second-order valence-electron chi connectivity index (χ2n) is 7.77. The third-order valence-electron chi connectivity index (χ3n) is 5.54. The smallest absolute Gasteiger partial charge is 0.314 e. The van der Waals surface area contributed by atoms with Crippen molar-refractivity contribution in [1.82, 2.24) is 4.90 Å². The lowest BCUT2D eigenvalue weighted by atomic mass is 10.1. The molecule has 2 aliphatic rings. The first-order valence-corrected chi connectivity index (χ1v) is 11.0. The van der Waals surface area contributed by atoms with E-state index in [9.17, 15) is 13.2 Å². The van der Waals surface area contributed by atoms with Gasteiger partial charge in [-0.15, -0.1) is 0 Å². The number of carbonyl (C=O) groups excluding carboxylic acids is 1. The molecule has 2 aliphatic heterocycles. The van der Waals surface area contributed by atoms with Crippen molar-refractivity contribution < 1.29 is 13.2 Å². The number of hydrogen-bond acceptors (Lipinski definition) is 3. The minimum absolute atomic E-state index is 0.0289. The number of anilines is 1. The Kier molecular flexibility index (Phi) is 4.26. The van der Waals surface area contributed by atoms with Crippen molar-refractivity contribution in [2.75, 3.05) is 16.4 Å². The first-order chi connectivity index (χ1) is 12.7. The first-order valence-electron chi connectivity index (χ1n) is 9.18. The summed E-state index contributed by atoms with van der Waals surface area (Å²) in [5.74, 6) is 0.0672. The van der Waals surface area contributed by atoms with Gasteiger partial charge < -0.3 is 4.90 Å². The van der Waals surface area contributed by atoms with E-state index in [0.29, 0.717) is 6.54 Å². The van der Waals surface area contributed by atoms with E-state index in [1.54, 1.807) is 9.80 Å². The van der Waals surface area contributed by atoms with Crippen LogP contribution in [0.3, 0.4) is 0 Å². The highest BCUT2D eigenvalue weighted by Crippen LogP contribution is 2.37. The van der Waals surface area contributed by atoms with Gasteiger partial charge in [-0.05, 0) is 43.5 Å². The summed E-state index contributed by atoms with van der Waals surface area (Å²) < 4.78 is 24.7. The zero-order valence-corrected chi connectivity index (χ0v) is 16.7. The second-order valence-corrected chi connectivity index (χ2v) is 9.92. The summed E-state index contributed by atoms with van der Waals surface area (Å²) in [5.41, 5.74) is 5.00. The molecule has 2 heterocycles. The predicted molar refractivity (Wildman–Crippen MR) is 107 cm³/mol. The lowest BCUT2D eigenvalue weighted by molar-refractivity contribution is 0.206. The minimum Gasteiger partial charge on any atom is -0.314 e. The molecule has 142 valence electrons. The molecule has 2 fully saturated rings. The van der Waals surface area contributed by atoms with Gasteiger partial charge >= 0.3 is 6.03 Å². The molecule has 0 aliphatic carbocycles. The zero-order valence-electron chi connectivity index (χ0n) is 15.8. The first kappa shape index (κ1) is 18.0. The Morgan fingerprint density at radius 1 is 0.963 bits per heavy atom. The van der Waals surface area contributed by atoms with Crippen LogP contribution in [0, 0.1) is 20.8 Å². The Morgan fingerprint density at radius 2 is 1.67 bits per heavy atom. The molecule has 2 aromatic rings. The highest BCUT2D eigenvalue weighted by Gasteiger charge is 2.54. The Bertz CT molecular complexity index is 1020. The SMILES string of the molecule is Cc1cccc(CN2C(=O)N(c3cc(C)ccc3C)[C@@H]3CS(=O)(=O)C[C@@H]32)c1. The Hall–Kier alpha value is -2.34. The van der Waals surface area contributed by atoms with Crippen LogP contribution in [0.1, 0.15) is 22.3 Å². The maximum Gasteiger partial charge on any atom is 0.325 e. The van der Waals surface area contributed by atoms with Crippen molar-refractivity contribution >= 4 is 21.6 Å². The summed E-state index contributed by atoms with van der Waals surface area (Å²) in [4.78, 5) is 16.8. The molecule has 2 aromatic carbocycles. The zero-order chi connectivity index (χ0) is 19.3. The molecular formula is C21H24N2O3S. The van der Waals surface area contributed by atoms with E-state index in [1.165, 1.54) is 0 Å². The largest absolute Gasteiger partial charge is 0.325 e. The van der Waals surface area contributed by atoms with Crippen molar-refractivity contribution in [3.05, 3.63) is 64.7 Å². The van der Waals surface area contributed by atoms with Crippen LogP contribution in [0.25, 0.3) is 0 Å². The summed E-state index contributed by atoms with van der Waals surface area (Å²) in [5, 5.41) is 0. The predicted octanol–water partition coefficient (Wildman–Crippen LogP) is 3.22. The van der Waals surface area contributed by atoms with Crippen LogP contribution in [0.15, 0.2) is 42.5 Å². The van der Waals surface area contributed by atoms with Gasteiger partial charge in [0.1, 0.15) is 0 Å². The summed E-state index contributed by atoms with van der Waals surface area (Å²) in [6, 6.07) is 13.3. The monoisotopic (exact) mass is 384 g/mol. The number of carbonyl (C=O) groups is 1. The second kappa shape index (κ2) is 6.37. The molecule has 0 N–H and O–H groups in total. The standard InChI is InChI=1S/C21H24N2O3S/c1-14-5-4-6-17(9-14)11-22-19-12-27(25,26)13-20(19)23(21(22)24)18-10-15(2)7-8-16(18)3/h4-10,19-20H,11-13H2,1-3H3/t19-,20+/m0/s1. The minimum atomic E-state index is -3.16. The molecule has 6 heteroatoms. The molecule has 0 saturated carbocycles. The van der Waals surface area contributed by atoms with Gasteiger partial charge in [0.2, 0.25) is 0 Å². The highest BCUT2D eigenvalue weighted by molar-refractivity contribution is 7.91. The fraction of sp³-hybridized carbons (Fsp3) is 0.381. The molecule has 2 amide bonds. The van der Waals surface area contributed by atoms with Gasteiger partial charge in [0.15, 0.2) is 9.84 Å². The highest BCUT2D eigenvalue weighted by atomic mass is 32.2. The maximum atomic E-state index is 13.3. The number of fused-ring (bicyclic) bond motifs is 1. The lowest BCUT2D eigenvalue weighted by Crippen LogP contribution is -2.38. The number of hydrogen-bond donors (Lipinski definition) is 0. The van der Waals surface area contributed by atoms with E-state index in [-0.39, 0.29) is 29.6 Å². The van der Waals surface area contributed by atoms with Crippen LogP contribution in [-0.2, 0) is 16.4 Å². The maximum absolute atomic E-state index is 13.3. The van der Waals surface area contributed by atoms with E-state index in [2.05, 4.69) is 0 Å². The van der Waals surface area contributed by atoms with E-state index in [1.807, 2.05) is 63.2 Å². The van der Waals surface area contributed by atoms with Crippen LogP contribution in [0.5, 0.6) is 0 Å². The molecule has 2 atom stereocenters. The van der Waals surface area contributed by atoms with E-state index >= 15 is 0 Å². The number of sulfone groups is 1. The summed E-state index contributed by atoms with van der Waals surface area (Å²) in [6.45, 7) is 6.39. The van der Waals surface area contributed by atoms with Crippen molar-refractivity contribution in [2.45, 2.75) is 39.4 Å². The van der Waals surface area contributed by atoms with Gasteiger partial charge in [0.25, 0.3) is 0 Å². The molecular weight excluding hydrogens is 360 g/mol. The lowest BCUT2D eigenvalue weighted by Gasteiger charge is -2.24. The van der Waals surface area contributed by atoms with Crippen molar-refractivity contribution in [3.8, 4) is 0 Å². The van der Waals surface area contributed by atoms with E-state index in [0.717, 1.165) is 27.9 Å². The van der Waals surface area contributed by atoms with Crippen LogP contribution in [-0.4, -0.2) is 42.9 Å². The molecule has 0 radical (unpaired) electrons. The van der Waals surface area contributed by atoms with Crippen molar-refractivity contribution in [1.29, 1.82) is 0 Å². The van der Waals surface area contributed by atoms with Crippen LogP contribution in [0.4, 0.5) is 10.5 Å². The molecule has 0 unspecified atom stereocenters. The van der Waals surface area contributed by atoms with Gasteiger partial charge in [-0.3, -0.25) is 4.90 Å². The van der Waals surface area contributed by atoms with Gasteiger partial charge in [-0.1, -0.05) is 42.0 Å². The third kappa shape index (κ3) is 3.23. The Labute approximate surface area is 160 Å². The molecule has 4 rings (SSSR count). The number of nitrogens with zero attached hydrogens (tertiary/aromatic N) is 2. The molecule has 0 spiro atoms. The molecule has 5 nitrogen and oxygen atoms in total. The van der Waals surface area contributed by atoms with E-state index < -0.39 is 9.84 Å². The molecule has 2 saturated heterocycles. The average molecular weight is 385 g/mol. The van der Waals surface area contributed by atoms with Gasteiger partial charge in [0.05, 0.1) is 23.6 Å². The Balaban J connectivity index is 1.75. The number of amides is 2. The molecule has 0 bridgehead atoms. The number of rotatable bonds is 3. The molecule has 0 aromatic heterocycles. The van der Waals surface area contributed by atoms with Gasteiger partial charge in [-0.25, -0.2) is 13.2 Å². The summed E-state index contributed by atoms with van der Waals surface area (Å²) in [6.07, 6.45) is 0. The van der Waals surface area contributed by atoms with Crippen molar-refractivity contribution in [3.63, 3.8) is 0 Å². The van der Waals surface area contributed by atoms with Crippen LogP contribution < -0.4 is 4.90 Å². The van der Waals surface area contributed by atoms with Gasteiger partial charge in [0, 0.05) is 12.2 Å². The van der Waals surface area contributed by atoms with E-state index in [4.69, 9.17) is 0 Å². The summed E-state index contributed by atoms with van der Waals surface area (Å²) >= 11 is 0. The van der Waals surface area contributed by atoms with Gasteiger partial charge in [-0.2, -0.15) is 0 Å². The quantitative estimate of drug-likeness (QED) is 0.764. The normalized spacial score (nSPS) is 23.7. The fourth-order valence-electron chi connectivity index (χ4n) is 4.23. The Morgan fingerprint density at radius 3 is 2.41 bits per heavy atom. The number of aryl methyl sites for hydroxylation is 3. The average Bonchev–Trinajstić information content (AvgIpc) is 3.01. The number of urea groups is 1. The summed E-state index contributed by atoms with van der Waals surface area (Å²) in [7, 11) is -3.16. The number of benzene rings is 2.